The molecule has 0 heterocycles. The van der Waals surface area contributed by atoms with Crippen LogP contribution in [0.4, 0.5) is 4.39 Å². The summed E-state index contributed by atoms with van der Waals surface area (Å²) in [5.41, 5.74) is 0.372. The molecule has 1 aromatic rings. The van der Waals surface area contributed by atoms with Gasteiger partial charge in [-0.25, -0.2) is 4.39 Å². The summed E-state index contributed by atoms with van der Waals surface area (Å²) in [6, 6.07) is 5.65. The smallest absolute Gasteiger partial charge is 0.176 e. The zero-order valence-corrected chi connectivity index (χ0v) is 9.32. The molecule has 1 N–H and O–H groups in total. The van der Waals surface area contributed by atoms with Crippen molar-refractivity contribution in [2.24, 2.45) is 0 Å². The Kier molecular flexibility index (Phi) is 5.08. The highest BCUT2D eigenvalue weighted by Gasteiger charge is 2.11. The fourth-order valence-corrected chi connectivity index (χ4v) is 1.45. The van der Waals surface area contributed by atoms with Gasteiger partial charge in [-0.1, -0.05) is 19.1 Å². The van der Waals surface area contributed by atoms with E-state index in [2.05, 4.69) is 0 Å². The second kappa shape index (κ2) is 6.35. The number of hydrogen-bond acceptors (Lipinski definition) is 3. The number of nitrogens with zero attached hydrogens (tertiary/aromatic N) is 1. The van der Waals surface area contributed by atoms with Crippen molar-refractivity contribution in [3.05, 3.63) is 35.6 Å². The van der Waals surface area contributed by atoms with Crippen molar-refractivity contribution in [2.75, 3.05) is 26.2 Å². The Balaban J connectivity index is 2.64. The zero-order chi connectivity index (χ0) is 12.0. The Bertz CT molecular complexity index is 355. The van der Waals surface area contributed by atoms with Gasteiger partial charge in [-0.15, -0.1) is 0 Å². The summed E-state index contributed by atoms with van der Waals surface area (Å²) in [6.07, 6.45) is 0. The second-order valence-corrected chi connectivity index (χ2v) is 3.53. The zero-order valence-electron chi connectivity index (χ0n) is 9.32. The van der Waals surface area contributed by atoms with Crippen LogP contribution in [-0.2, 0) is 0 Å². The van der Waals surface area contributed by atoms with E-state index in [1.807, 2.05) is 11.8 Å². The van der Waals surface area contributed by atoms with Gasteiger partial charge in [-0.3, -0.25) is 9.69 Å². The molecular formula is C12H16FNO2. The SMILES string of the molecule is CCN(CCO)CC(=O)c1cccc(F)c1. The monoisotopic (exact) mass is 225 g/mol. The Morgan fingerprint density at radius 2 is 2.25 bits per heavy atom. The molecular weight excluding hydrogens is 209 g/mol. The number of rotatable bonds is 6. The van der Waals surface area contributed by atoms with E-state index in [0.29, 0.717) is 18.7 Å². The van der Waals surface area contributed by atoms with Crippen molar-refractivity contribution in [3.8, 4) is 0 Å². The molecule has 0 aliphatic heterocycles. The van der Waals surface area contributed by atoms with Gasteiger partial charge in [0.1, 0.15) is 5.82 Å². The number of benzene rings is 1. The summed E-state index contributed by atoms with van der Waals surface area (Å²) in [5, 5.41) is 8.78. The number of aliphatic hydroxyl groups excluding tert-OH is 1. The molecule has 0 aromatic heterocycles. The van der Waals surface area contributed by atoms with Gasteiger partial charge in [0.25, 0.3) is 0 Å². The molecule has 1 aromatic carbocycles. The van der Waals surface area contributed by atoms with E-state index in [-0.39, 0.29) is 18.9 Å². The molecule has 3 nitrogen and oxygen atoms in total. The fraction of sp³-hybridized carbons (Fsp3) is 0.417. The van der Waals surface area contributed by atoms with E-state index in [9.17, 15) is 9.18 Å². The summed E-state index contributed by atoms with van der Waals surface area (Å²) in [6.45, 7) is 3.28. The number of carbonyl (C=O) groups is 1. The van der Waals surface area contributed by atoms with E-state index in [0.717, 1.165) is 0 Å². The standard InChI is InChI=1S/C12H16FNO2/c1-2-14(6-7-15)9-12(16)10-4-3-5-11(13)8-10/h3-5,8,15H,2,6-7,9H2,1H3. The van der Waals surface area contributed by atoms with E-state index in [1.165, 1.54) is 18.2 Å². The minimum Gasteiger partial charge on any atom is -0.395 e. The highest BCUT2D eigenvalue weighted by molar-refractivity contribution is 5.97. The molecule has 4 heteroatoms. The molecule has 0 unspecified atom stereocenters. The van der Waals surface area contributed by atoms with Crippen molar-refractivity contribution in [1.29, 1.82) is 0 Å². The van der Waals surface area contributed by atoms with Crippen molar-refractivity contribution in [2.45, 2.75) is 6.92 Å². The van der Waals surface area contributed by atoms with Gasteiger partial charge >= 0.3 is 0 Å². The first-order valence-electron chi connectivity index (χ1n) is 5.29. The third-order valence-corrected chi connectivity index (χ3v) is 2.38. The lowest BCUT2D eigenvalue weighted by Crippen LogP contribution is -2.32. The Morgan fingerprint density at radius 1 is 1.50 bits per heavy atom. The minimum atomic E-state index is -0.406. The first-order valence-corrected chi connectivity index (χ1v) is 5.29. The number of carbonyl (C=O) groups excluding carboxylic acids is 1. The van der Waals surface area contributed by atoms with Crippen molar-refractivity contribution < 1.29 is 14.3 Å². The summed E-state index contributed by atoms with van der Waals surface area (Å²) in [5.74, 6) is -0.536. The van der Waals surface area contributed by atoms with Crippen LogP contribution in [0.2, 0.25) is 0 Å². The Morgan fingerprint density at radius 3 is 2.81 bits per heavy atom. The summed E-state index contributed by atoms with van der Waals surface area (Å²) >= 11 is 0. The van der Waals surface area contributed by atoms with Crippen LogP contribution in [-0.4, -0.2) is 42.0 Å². The van der Waals surface area contributed by atoms with Crippen LogP contribution in [0.3, 0.4) is 0 Å². The molecule has 0 bridgehead atoms. The first-order chi connectivity index (χ1) is 7.67. The lowest BCUT2D eigenvalue weighted by molar-refractivity contribution is 0.0919. The van der Waals surface area contributed by atoms with Crippen molar-refractivity contribution in [3.63, 3.8) is 0 Å². The molecule has 0 spiro atoms. The lowest BCUT2D eigenvalue weighted by Gasteiger charge is -2.17. The molecule has 0 aliphatic carbocycles. The Labute approximate surface area is 94.5 Å². The van der Waals surface area contributed by atoms with Crippen LogP contribution in [0.25, 0.3) is 0 Å². The van der Waals surface area contributed by atoms with Crippen molar-refractivity contribution >= 4 is 5.78 Å². The van der Waals surface area contributed by atoms with Gasteiger partial charge in [0.15, 0.2) is 5.78 Å². The number of Topliss-reactive ketones (excluding diaryl/α,β-unsaturated/α-hetero) is 1. The highest BCUT2D eigenvalue weighted by atomic mass is 19.1. The quantitative estimate of drug-likeness (QED) is 0.742. The van der Waals surface area contributed by atoms with Gasteiger partial charge in [0, 0.05) is 12.1 Å². The summed E-state index contributed by atoms with van der Waals surface area (Å²) in [4.78, 5) is 13.6. The molecule has 0 amide bonds. The fourth-order valence-electron chi connectivity index (χ4n) is 1.45. The molecule has 88 valence electrons. The maximum absolute atomic E-state index is 12.9. The van der Waals surface area contributed by atoms with Gasteiger partial charge in [0.2, 0.25) is 0 Å². The average Bonchev–Trinajstić information content (AvgIpc) is 2.28. The predicted octanol–water partition coefficient (Wildman–Crippen LogP) is 1.32. The van der Waals surface area contributed by atoms with Gasteiger partial charge in [0.05, 0.1) is 13.2 Å². The van der Waals surface area contributed by atoms with Crippen LogP contribution >= 0.6 is 0 Å². The highest BCUT2D eigenvalue weighted by Crippen LogP contribution is 2.05. The van der Waals surface area contributed by atoms with Gasteiger partial charge in [-0.2, -0.15) is 0 Å². The molecule has 0 saturated heterocycles. The molecule has 1 rings (SSSR count). The normalized spacial score (nSPS) is 10.8. The Hall–Kier alpha value is -1.26. The largest absolute Gasteiger partial charge is 0.395 e. The van der Waals surface area contributed by atoms with Crippen LogP contribution in [0, 0.1) is 5.82 Å². The molecule has 0 radical (unpaired) electrons. The molecule has 0 fully saturated rings. The van der Waals surface area contributed by atoms with Crippen LogP contribution in [0.5, 0.6) is 0 Å². The minimum absolute atomic E-state index is 0.0181. The summed E-state index contributed by atoms with van der Waals surface area (Å²) in [7, 11) is 0. The number of likely N-dealkylation sites (N-methyl/N-ethyl adjacent to an activating group) is 1. The number of hydrogen-bond donors (Lipinski definition) is 1. The van der Waals surface area contributed by atoms with Gasteiger partial charge < -0.3 is 5.11 Å². The summed E-state index contributed by atoms with van der Waals surface area (Å²) < 4.78 is 12.9. The van der Waals surface area contributed by atoms with E-state index >= 15 is 0 Å². The third kappa shape index (κ3) is 3.72. The average molecular weight is 225 g/mol. The first kappa shape index (κ1) is 12.8. The maximum atomic E-state index is 12.9. The maximum Gasteiger partial charge on any atom is 0.176 e. The predicted molar refractivity (Wildman–Crippen MR) is 59.9 cm³/mol. The number of halogens is 1. The van der Waals surface area contributed by atoms with Crippen LogP contribution in [0.15, 0.2) is 24.3 Å². The molecule has 0 atom stereocenters. The van der Waals surface area contributed by atoms with E-state index in [1.54, 1.807) is 6.07 Å². The molecule has 0 saturated carbocycles. The molecule has 0 aliphatic rings. The molecule has 16 heavy (non-hydrogen) atoms. The van der Waals surface area contributed by atoms with E-state index in [4.69, 9.17) is 5.11 Å². The topological polar surface area (TPSA) is 40.5 Å². The second-order valence-electron chi connectivity index (χ2n) is 3.53. The van der Waals surface area contributed by atoms with Crippen LogP contribution < -0.4 is 0 Å². The van der Waals surface area contributed by atoms with Crippen molar-refractivity contribution in [1.82, 2.24) is 4.90 Å². The number of ketones is 1. The third-order valence-electron chi connectivity index (χ3n) is 2.38. The van der Waals surface area contributed by atoms with E-state index < -0.39 is 5.82 Å². The lowest BCUT2D eigenvalue weighted by atomic mass is 10.1. The number of aliphatic hydroxyl groups is 1. The van der Waals surface area contributed by atoms with Gasteiger partial charge in [-0.05, 0) is 18.7 Å². The van der Waals surface area contributed by atoms with Crippen LogP contribution in [0.1, 0.15) is 17.3 Å².